The Hall–Kier alpha value is -1.80. The molecule has 3 rings (SSSR count). The Balaban J connectivity index is 0.00000320. The number of benzene rings is 2. The number of ether oxygens (including phenoxy) is 1. The van der Waals surface area contributed by atoms with Gasteiger partial charge in [0.2, 0.25) is 5.91 Å². The molecule has 1 amide bonds. The van der Waals surface area contributed by atoms with Gasteiger partial charge in [-0.25, -0.2) is 4.98 Å². The number of aromatic nitrogens is 1. The molecule has 0 radical (unpaired) electrons. The van der Waals surface area contributed by atoms with Crippen LogP contribution in [0.1, 0.15) is 11.1 Å². The van der Waals surface area contributed by atoms with Gasteiger partial charge in [-0.3, -0.25) is 9.69 Å². The number of carbonyl (C=O) groups excluding carboxylic acids is 1. The summed E-state index contributed by atoms with van der Waals surface area (Å²) in [6.45, 7) is 5.58. The van der Waals surface area contributed by atoms with Crippen LogP contribution in [-0.4, -0.2) is 55.8 Å². The van der Waals surface area contributed by atoms with Gasteiger partial charge in [0.15, 0.2) is 5.13 Å². The van der Waals surface area contributed by atoms with Gasteiger partial charge < -0.3 is 9.64 Å². The third kappa shape index (κ3) is 5.88. The monoisotopic (exact) mass is 465 g/mol. The lowest BCUT2D eigenvalue weighted by molar-refractivity contribution is -0.116. The van der Waals surface area contributed by atoms with E-state index in [0.717, 1.165) is 32.5 Å². The van der Waals surface area contributed by atoms with Crippen LogP contribution in [-0.2, 0) is 4.79 Å². The summed E-state index contributed by atoms with van der Waals surface area (Å²) in [5.74, 6) is 1.25. The molecular formula is C22H28ClN3O2S2. The fourth-order valence-corrected chi connectivity index (χ4v) is 4.69. The van der Waals surface area contributed by atoms with Crippen molar-refractivity contribution in [1.82, 2.24) is 9.88 Å². The fourth-order valence-electron chi connectivity index (χ4n) is 2.85. The summed E-state index contributed by atoms with van der Waals surface area (Å²) >= 11 is 3.12. The van der Waals surface area contributed by atoms with E-state index < -0.39 is 0 Å². The molecule has 2 aromatic carbocycles. The maximum Gasteiger partial charge on any atom is 0.239 e. The number of nitrogens with zero attached hydrogens (tertiary/aromatic N) is 3. The summed E-state index contributed by atoms with van der Waals surface area (Å²) in [6, 6.07) is 12.0. The first-order valence-electron chi connectivity index (χ1n) is 9.47. The fraction of sp³-hybridized carbons (Fsp3) is 0.364. The molecule has 0 aliphatic heterocycles. The number of hydrogen-bond donors (Lipinski definition) is 0. The second-order valence-corrected chi connectivity index (χ2v) is 9.22. The van der Waals surface area contributed by atoms with Crippen molar-refractivity contribution >= 4 is 56.8 Å². The molecule has 0 bridgehead atoms. The van der Waals surface area contributed by atoms with E-state index >= 15 is 0 Å². The van der Waals surface area contributed by atoms with Crippen molar-refractivity contribution in [3.05, 3.63) is 47.5 Å². The molecule has 8 heteroatoms. The number of hydrogen-bond acceptors (Lipinski definition) is 6. The zero-order valence-electron chi connectivity index (χ0n) is 18.0. The summed E-state index contributed by atoms with van der Waals surface area (Å²) in [5.41, 5.74) is 3.39. The molecule has 0 aliphatic rings. The molecule has 3 aromatic rings. The van der Waals surface area contributed by atoms with Gasteiger partial charge in [0.1, 0.15) is 5.75 Å². The van der Waals surface area contributed by atoms with Gasteiger partial charge in [-0.15, -0.1) is 24.2 Å². The SMILES string of the molecule is COc1ccc(SCC(=O)N(CCN(C)C)c2nc3c(C)c(C)ccc3s2)cc1.Cl. The number of aryl methyl sites for hydroxylation is 2. The Morgan fingerprint density at radius 2 is 1.80 bits per heavy atom. The van der Waals surface area contributed by atoms with Crippen LogP contribution in [0.4, 0.5) is 5.13 Å². The molecule has 0 unspecified atom stereocenters. The van der Waals surface area contributed by atoms with Crippen molar-refractivity contribution in [2.45, 2.75) is 18.7 Å². The summed E-state index contributed by atoms with van der Waals surface area (Å²) in [6.07, 6.45) is 0. The molecule has 0 saturated carbocycles. The molecule has 30 heavy (non-hydrogen) atoms. The predicted octanol–water partition coefficient (Wildman–Crippen LogP) is 5.03. The number of likely N-dealkylation sites (N-methyl/N-ethyl adjacent to an activating group) is 1. The number of carbonyl (C=O) groups is 1. The number of anilines is 1. The molecule has 5 nitrogen and oxygen atoms in total. The van der Waals surface area contributed by atoms with E-state index in [9.17, 15) is 4.79 Å². The summed E-state index contributed by atoms with van der Waals surface area (Å²) in [4.78, 5) is 22.9. The van der Waals surface area contributed by atoms with Gasteiger partial charge in [-0.05, 0) is 69.4 Å². The minimum atomic E-state index is 0. The Morgan fingerprint density at radius 1 is 1.10 bits per heavy atom. The van der Waals surface area contributed by atoms with Crippen LogP contribution < -0.4 is 9.64 Å². The van der Waals surface area contributed by atoms with Crippen LogP contribution in [0.5, 0.6) is 5.75 Å². The molecule has 0 spiro atoms. The van der Waals surface area contributed by atoms with E-state index in [1.54, 1.807) is 18.4 Å². The van der Waals surface area contributed by atoms with E-state index in [1.807, 2.05) is 43.3 Å². The number of methoxy groups -OCH3 is 1. The average molecular weight is 466 g/mol. The van der Waals surface area contributed by atoms with Gasteiger partial charge in [-0.1, -0.05) is 17.4 Å². The molecule has 0 N–H and O–H groups in total. The van der Waals surface area contributed by atoms with Crippen molar-refractivity contribution < 1.29 is 9.53 Å². The van der Waals surface area contributed by atoms with Crippen LogP contribution in [0.25, 0.3) is 10.2 Å². The van der Waals surface area contributed by atoms with Gasteiger partial charge in [0.05, 0.1) is 23.1 Å². The highest BCUT2D eigenvalue weighted by Gasteiger charge is 2.21. The minimum absolute atomic E-state index is 0. The smallest absolute Gasteiger partial charge is 0.239 e. The largest absolute Gasteiger partial charge is 0.497 e. The second kappa shape index (κ2) is 11.0. The molecule has 0 fully saturated rings. The maximum absolute atomic E-state index is 13.1. The quantitative estimate of drug-likeness (QED) is 0.436. The van der Waals surface area contributed by atoms with Crippen LogP contribution in [0.3, 0.4) is 0 Å². The third-order valence-electron chi connectivity index (χ3n) is 4.80. The average Bonchev–Trinajstić information content (AvgIpc) is 3.14. The van der Waals surface area contributed by atoms with Crippen molar-refractivity contribution in [2.24, 2.45) is 0 Å². The topological polar surface area (TPSA) is 45.7 Å². The predicted molar refractivity (Wildman–Crippen MR) is 131 cm³/mol. The van der Waals surface area contributed by atoms with Crippen LogP contribution >= 0.6 is 35.5 Å². The number of halogens is 1. The highest BCUT2D eigenvalue weighted by molar-refractivity contribution is 8.00. The van der Waals surface area contributed by atoms with E-state index in [-0.39, 0.29) is 18.3 Å². The number of fused-ring (bicyclic) bond motifs is 1. The van der Waals surface area contributed by atoms with Crippen LogP contribution in [0, 0.1) is 13.8 Å². The first-order chi connectivity index (χ1) is 13.9. The van der Waals surface area contributed by atoms with Crippen LogP contribution in [0.15, 0.2) is 41.3 Å². The van der Waals surface area contributed by atoms with Gasteiger partial charge >= 0.3 is 0 Å². The van der Waals surface area contributed by atoms with Gasteiger partial charge in [0, 0.05) is 18.0 Å². The molecule has 0 atom stereocenters. The van der Waals surface area contributed by atoms with Crippen LogP contribution in [0.2, 0.25) is 0 Å². The maximum atomic E-state index is 13.1. The molecule has 1 heterocycles. The summed E-state index contributed by atoms with van der Waals surface area (Å²) in [5, 5.41) is 0.774. The van der Waals surface area contributed by atoms with Crippen molar-refractivity contribution in [2.75, 3.05) is 44.9 Å². The summed E-state index contributed by atoms with van der Waals surface area (Å²) < 4.78 is 6.32. The van der Waals surface area contributed by atoms with E-state index in [1.165, 1.54) is 22.9 Å². The second-order valence-electron chi connectivity index (χ2n) is 7.16. The lowest BCUT2D eigenvalue weighted by Crippen LogP contribution is -2.37. The van der Waals surface area contributed by atoms with Gasteiger partial charge in [0.25, 0.3) is 0 Å². The Bertz CT molecular complexity index is 990. The number of amides is 1. The van der Waals surface area contributed by atoms with Gasteiger partial charge in [-0.2, -0.15) is 0 Å². The highest BCUT2D eigenvalue weighted by Crippen LogP contribution is 2.32. The van der Waals surface area contributed by atoms with Crippen molar-refractivity contribution in [1.29, 1.82) is 0 Å². The van der Waals surface area contributed by atoms with Crippen molar-refractivity contribution in [3.8, 4) is 5.75 Å². The normalized spacial score (nSPS) is 10.9. The van der Waals surface area contributed by atoms with Crippen molar-refractivity contribution in [3.63, 3.8) is 0 Å². The first kappa shape index (κ1) is 24.5. The Labute approximate surface area is 192 Å². The molecule has 1 aromatic heterocycles. The van der Waals surface area contributed by atoms with E-state index in [0.29, 0.717) is 12.3 Å². The minimum Gasteiger partial charge on any atom is -0.497 e. The van der Waals surface area contributed by atoms with E-state index in [2.05, 4.69) is 30.9 Å². The number of rotatable bonds is 8. The standard InChI is InChI=1S/C22H27N3O2S2.ClH/c1-15-6-11-19-21(16(15)2)23-22(29-19)25(13-12-24(3)4)20(26)14-28-18-9-7-17(27-5)8-10-18;/h6-11H,12-14H2,1-5H3;1H. The molecule has 162 valence electrons. The lowest BCUT2D eigenvalue weighted by atomic mass is 10.1. The Kier molecular flexibility index (Phi) is 8.97. The third-order valence-corrected chi connectivity index (χ3v) is 6.84. The lowest BCUT2D eigenvalue weighted by Gasteiger charge is -2.21. The first-order valence-corrected chi connectivity index (χ1v) is 11.3. The zero-order chi connectivity index (χ0) is 21.0. The number of thiazole rings is 1. The number of thioether (sulfide) groups is 1. The van der Waals surface area contributed by atoms with E-state index in [4.69, 9.17) is 9.72 Å². The Morgan fingerprint density at radius 3 is 2.43 bits per heavy atom. The molecular weight excluding hydrogens is 438 g/mol. The molecule has 0 saturated heterocycles. The molecule has 0 aliphatic carbocycles. The zero-order valence-corrected chi connectivity index (χ0v) is 20.4. The highest BCUT2D eigenvalue weighted by atomic mass is 35.5. The summed E-state index contributed by atoms with van der Waals surface area (Å²) in [7, 11) is 5.68.